The lowest BCUT2D eigenvalue weighted by Crippen LogP contribution is -2.26. The van der Waals surface area contributed by atoms with Crippen molar-refractivity contribution >= 4 is 17.6 Å². The molecule has 0 saturated carbocycles. The quantitative estimate of drug-likeness (QED) is 0.382. The van der Waals surface area contributed by atoms with Gasteiger partial charge in [-0.15, -0.1) is 0 Å². The van der Waals surface area contributed by atoms with E-state index < -0.39 is 0 Å². The second-order valence-electron chi connectivity index (χ2n) is 6.13. The second-order valence-corrected chi connectivity index (χ2v) is 6.13. The van der Waals surface area contributed by atoms with Gasteiger partial charge < -0.3 is 25.5 Å². The molecule has 0 unspecified atom stereocenters. The smallest absolute Gasteiger partial charge is 0.287 e. The van der Waals surface area contributed by atoms with Gasteiger partial charge in [0.2, 0.25) is 0 Å². The van der Waals surface area contributed by atoms with E-state index in [0.29, 0.717) is 31.2 Å². The average molecular weight is 358 g/mol. The predicted octanol–water partition coefficient (Wildman–Crippen LogP) is 2.92. The molecule has 0 fully saturated rings. The molecule has 26 heavy (non-hydrogen) atoms. The number of amides is 1. The highest BCUT2D eigenvalue weighted by atomic mass is 16.5. The number of hydrogen-bond donors (Lipinski definition) is 3. The van der Waals surface area contributed by atoms with Gasteiger partial charge in [-0.1, -0.05) is 0 Å². The summed E-state index contributed by atoms with van der Waals surface area (Å²) < 4.78 is 10.7. The molecule has 2 aromatic rings. The number of nitrogens with zero attached hydrogens (tertiary/aromatic N) is 1. The van der Waals surface area contributed by atoms with Crippen molar-refractivity contribution in [2.75, 3.05) is 18.4 Å². The van der Waals surface area contributed by atoms with Gasteiger partial charge in [0, 0.05) is 24.3 Å². The Labute approximate surface area is 153 Å². The molecule has 0 radical (unpaired) electrons. The summed E-state index contributed by atoms with van der Waals surface area (Å²) in [5.41, 5.74) is 7.52. The number of guanidine groups is 1. The highest BCUT2D eigenvalue weighted by Gasteiger charge is 2.11. The number of hydrogen-bond acceptors (Lipinski definition) is 4. The van der Waals surface area contributed by atoms with Crippen LogP contribution in [0.25, 0.3) is 0 Å². The Balaban J connectivity index is 1.69. The van der Waals surface area contributed by atoms with Crippen LogP contribution in [0.4, 0.5) is 5.69 Å². The maximum Gasteiger partial charge on any atom is 0.287 e. The van der Waals surface area contributed by atoms with Crippen LogP contribution in [0.5, 0.6) is 5.75 Å². The summed E-state index contributed by atoms with van der Waals surface area (Å²) in [5.74, 6) is 1.27. The van der Waals surface area contributed by atoms with Gasteiger partial charge in [0.25, 0.3) is 5.91 Å². The van der Waals surface area contributed by atoms with E-state index >= 15 is 0 Å². The summed E-state index contributed by atoms with van der Waals surface area (Å²) >= 11 is 0. The number of furan rings is 1. The number of nitrogens with two attached hydrogens (primary N) is 1. The first kappa shape index (κ1) is 19.4. The first-order valence-electron chi connectivity index (χ1n) is 8.61. The minimum atomic E-state index is -0.216. The van der Waals surface area contributed by atoms with Gasteiger partial charge in [-0.05, 0) is 57.5 Å². The molecule has 140 valence electrons. The van der Waals surface area contributed by atoms with Gasteiger partial charge in [-0.3, -0.25) is 9.79 Å². The summed E-state index contributed by atoms with van der Waals surface area (Å²) in [7, 11) is 0. The topological polar surface area (TPSA) is 102 Å². The molecule has 2 rings (SSSR count). The van der Waals surface area contributed by atoms with Gasteiger partial charge in [-0.25, -0.2) is 0 Å². The van der Waals surface area contributed by atoms with Gasteiger partial charge in [-0.2, -0.15) is 0 Å². The third-order valence-electron chi connectivity index (χ3n) is 3.47. The minimum Gasteiger partial charge on any atom is -0.491 e. The van der Waals surface area contributed by atoms with Gasteiger partial charge in [0.1, 0.15) is 5.75 Å². The van der Waals surface area contributed by atoms with E-state index in [1.807, 2.05) is 45.0 Å². The van der Waals surface area contributed by atoms with Crippen LogP contribution >= 0.6 is 0 Å². The maximum absolute atomic E-state index is 11.9. The lowest BCUT2D eigenvalue weighted by atomic mass is 10.2. The Morgan fingerprint density at radius 3 is 2.62 bits per heavy atom. The lowest BCUT2D eigenvalue weighted by Gasteiger charge is -2.11. The molecule has 0 bridgehead atoms. The van der Waals surface area contributed by atoms with Gasteiger partial charge >= 0.3 is 0 Å². The van der Waals surface area contributed by atoms with Crippen molar-refractivity contribution in [1.29, 1.82) is 0 Å². The number of ether oxygens (including phenoxy) is 1. The number of carbonyl (C=O) groups is 1. The molecule has 1 aromatic heterocycles. The Morgan fingerprint density at radius 1 is 1.27 bits per heavy atom. The molecule has 4 N–H and O–H groups in total. The van der Waals surface area contributed by atoms with Crippen LogP contribution in [-0.2, 0) is 0 Å². The van der Waals surface area contributed by atoms with Crippen molar-refractivity contribution in [2.45, 2.75) is 33.3 Å². The summed E-state index contributed by atoms with van der Waals surface area (Å²) in [6.07, 6.45) is 2.31. The molecular weight excluding hydrogens is 332 g/mol. The van der Waals surface area contributed by atoms with E-state index in [4.69, 9.17) is 14.9 Å². The highest BCUT2D eigenvalue weighted by molar-refractivity contribution is 5.93. The molecule has 1 heterocycles. The summed E-state index contributed by atoms with van der Waals surface area (Å²) in [6.45, 7) is 6.79. The van der Waals surface area contributed by atoms with Gasteiger partial charge in [0.05, 0.1) is 12.4 Å². The molecule has 7 heteroatoms. The number of carbonyl (C=O) groups excluding carboxylic acids is 1. The van der Waals surface area contributed by atoms with Crippen LogP contribution in [0.1, 0.15) is 36.4 Å². The van der Waals surface area contributed by atoms with Crippen LogP contribution < -0.4 is 21.1 Å². The first-order valence-corrected chi connectivity index (χ1v) is 8.61. The van der Waals surface area contributed by atoms with Crippen molar-refractivity contribution in [3.05, 3.63) is 47.9 Å². The zero-order valence-corrected chi connectivity index (χ0v) is 15.4. The van der Waals surface area contributed by atoms with E-state index in [2.05, 4.69) is 15.6 Å². The molecule has 0 spiro atoms. The second kappa shape index (κ2) is 9.50. The molecule has 1 aromatic carbocycles. The average Bonchev–Trinajstić information content (AvgIpc) is 3.02. The number of nitrogens with one attached hydrogen (secondary N) is 2. The van der Waals surface area contributed by atoms with E-state index in [9.17, 15) is 4.79 Å². The SMILES string of the molecule is Cc1ccoc1C(=O)NCCCN=C(N)Nc1ccc(OC(C)C)cc1. The Hall–Kier alpha value is -2.96. The van der Waals surface area contributed by atoms with Crippen molar-refractivity contribution in [1.82, 2.24) is 5.32 Å². The molecule has 1 amide bonds. The number of aliphatic imine (C=N–C) groups is 1. The van der Waals surface area contributed by atoms with E-state index in [1.54, 1.807) is 6.07 Å². The fourth-order valence-corrected chi connectivity index (χ4v) is 2.24. The molecule has 0 aliphatic rings. The number of aryl methyl sites for hydroxylation is 1. The van der Waals surface area contributed by atoms with Crippen LogP contribution in [0.15, 0.2) is 46.0 Å². The highest BCUT2D eigenvalue weighted by Crippen LogP contribution is 2.16. The third kappa shape index (κ3) is 6.16. The predicted molar refractivity (Wildman–Crippen MR) is 103 cm³/mol. The van der Waals surface area contributed by atoms with Crippen LogP contribution in [-0.4, -0.2) is 31.1 Å². The maximum atomic E-state index is 11.9. The van der Waals surface area contributed by atoms with E-state index in [1.165, 1.54) is 6.26 Å². The van der Waals surface area contributed by atoms with E-state index in [-0.39, 0.29) is 12.0 Å². The molecule has 0 aliphatic heterocycles. The normalized spacial score (nSPS) is 11.5. The van der Waals surface area contributed by atoms with Crippen molar-refractivity contribution in [3.8, 4) is 5.75 Å². The fraction of sp³-hybridized carbons (Fsp3) is 0.368. The Bertz CT molecular complexity index is 735. The molecule has 0 aliphatic carbocycles. The summed E-state index contributed by atoms with van der Waals surface area (Å²) in [4.78, 5) is 16.1. The van der Waals surface area contributed by atoms with Crippen LogP contribution in [0.2, 0.25) is 0 Å². The van der Waals surface area contributed by atoms with Crippen molar-refractivity contribution in [2.24, 2.45) is 10.7 Å². The zero-order chi connectivity index (χ0) is 18.9. The van der Waals surface area contributed by atoms with Crippen LogP contribution in [0, 0.1) is 6.92 Å². The molecule has 0 saturated heterocycles. The van der Waals surface area contributed by atoms with Crippen molar-refractivity contribution in [3.63, 3.8) is 0 Å². The van der Waals surface area contributed by atoms with Gasteiger partial charge in [0.15, 0.2) is 11.7 Å². The summed E-state index contributed by atoms with van der Waals surface area (Å²) in [6, 6.07) is 9.27. The monoisotopic (exact) mass is 358 g/mol. The molecule has 0 atom stereocenters. The zero-order valence-electron chi connectivity index (χ0n) is 15.4. The number of anilines is 1. The molecular formula is C19H26N4O3. The lowest BCUT2D eigenvalue weighted by molar-refractivity contribution is 0.0925. The summed E-state index contributed by atoms with van der Waals surface area (Å²) in [5, 5.41) is 5.82. The van der Waals surface area contributed by atoms with E-state index in [0.717, 1.165) is 17.0 Å². The Kier molecular flexibility index (Phi) is 7.08. The number of benzene rings is 1. The molecule has 7 nitrogen and oxygen atoms in total. The largest absolute Gasteiger partial charge is 0.491 e. The fourth-order valence-electron chi connectivity index (χ4n) is 2.24. The van der Waals surface area contributed by atoms with Crippen LogP contribution in [0.3, 0.4) is 0 Å². The minimum absolute atomic E-state index is 0.137. The standard InChI is InChI=1S/C19H26N4O3/c1-13(2)26-16-7-5-15(6-8-16)23-19(20)22-11-4-10-21-18(24)17-14(3)9-12-25-17/h5-9,12-13H,4,10-11H2,1-3H3,(H,21,24)(H3,20,22,23). The number of rotatable bonds is 8. The third-order valence-corrected chi connectivity index (χ3v) is 3.47. The van der Waals surface area contributed by atoms with Crippen molar-refractivity contribution < 1.29 is 13.9 Å². The first-order chi connectivity index (χ1) is 12.5. The Morgan fingerprint density at radius 2 is 2.00 bits per heavy atom.